The zero-order valence-electron chi connectivity index (χ0n) is 33.3. The zero-order valence-corrected chi connectivity index (χ0v) is 34.2. The molecule has 2 aliphatic rings. The molecule has 0 bridgehead atoms. The summed E-state index contributed by atoms with van der Waals surface area (Å²) in [6.07, 6.45) is 7.03. The fourth-order valence-electron chi connectivity index (χ4n) is 8.20. The quantitative estimate of drug-likeness (QED) is 0.0436. The molecule has 0 heterocycles. The van der Waals surface area contributed by atoms with Gasteiger partial charge in [-0.1, -0.05) is 136 Å². The van der Waals surface area contributed by atoms with Gasteiger partial charge in [-0.25, -0.2) is 9.36 Å². The molecule has 2 aliphatic carbocycles. The van der Waals surface area contributed by atoms with Gasteiger partial charge in [-0.15, -0.1) is 0 Å². The highest BCUT2D eigenvalue weighted by atomic mass is 31.2. The first-order valence-electron chi connectivity index (χ1n) is 20.6. The Morgan fingerprint density at radius 1 is 0.719 bits per heavy atom. The molecule has 304 valence electrons. The number of carbonyl (C=O) groups is 2. The first kappa shape index (κ1) is 42.3. The van der Waals surface area contributed by atoms with Gasteiger partial charge in [-0.3, -0.25) is 18.4 Å². The second-order valence-electron chi connectivity index (χ2n) is 15.2. The van der Waals surface area contributed by atoms with Gasteiger partial charge >= 0.3 is 19.8 Å². The molecule has 10 heteroatoms. The van der Waals surface area contributed by atoms with E-state index in [2.05, 4.69) is 13.0 Å². The van der Waals surface area contributed by atoms with Gasteiger partial charge in [0.15, 0.2) is 6.61 Å². The maximum atomic E-state index is 14.5. The van der Waals surface area contributed by atoms with Crippen LogP contribution in [0.25, 0.3) is 0 Å². The van der Waals surface area contributed by atoms with Crippen molar-refractivity contribution in [1.29, 1.82) is 0 Å². The van der Waals surface area contributed by atoms with Crippen molar-refractivity contribution in [2.45, 2.75) is 110 Å². The molecule has 1 saturated carbocycles. The molecule has 9 nitrogen and oxygen atoms in total. The first-order valence-corrected chi connectivity index (χ1v) is 22.1. The van der Waals surface area contributed by atoms with Gasteiger partial charge in [0.25, 0.3) is 0 Å². The third-order valence-electron chi connectivity index (χ3n) is 11.2. The molecule has 0 saturated heterocycles. The molecule has 57 heavy (non-hydrogen) atoms. The van der Waals surface area contributed by atoms with Gasteiger partial charge in [0.2, 0.25) is 0 Å². The largest absolute Gasteiger partial charge is 0.482 e. The molecule has 0 aromatic heterocycles. The number of phosphoric ester groups is 1. The number of carbonyl (C=O) groups excluding carboxylic acids is 2. The first-order chi connectivity index (χ1) is 27.8. The Morgan fingerprint density at radius 2 is 1.35 bits per heavy atom. The smallest absolute Gasteiger partial charge is 0.475 e. The van der Waals surface area contributed by atoms with Crippen molar-refractivity contribution in [2.24, 2.45) is 17.8 Å². The third kappa shape index (κ3) is 12.6. The zero-order chi connectivity index (χ0) is 39.9. The Morgan fingerprint density at radius 3 is 1.96 bits per heavy atom. The van der Waals surface area contributed by atoms with Gasteiger partial charge in [-0.05, 0) is 90.2 Å². The van der Waals surface area contributed by atoms with Crippen LogP contribution in [-0.4, -0.2) is 30.8 Å². The van der Waals surface area contributed by atoms with Crippen molar-refractivity contribution in [3.63, 3.8) is 0 Å². The van der Waals surface area contributed by atoms with Crippen LogP contribution in [0.3, 0.4) is 0 Å². The second-order valence-corrected chi connectivity index (χ2v) is 16.8. The van der Waals surface area contributed by atoms with E-state index in [0.29, 0.717) is 25.0 Å². The molecular weight excluding hydrogens is 739 g/mol. The molecule has 0 unspecified atom stereocenters. The van der Waals surface area contributed by atoms with E-state index in [1.54, 1.807) is 0 Å². The van der Waals surface area contributed by atoms with E-state index in [9.17, 15) is 14.2 Å². The normalized spacial score (nSPS) is 19.3. The summed E-state index contributed by atoms with van der Waals surface area (Å²) in [6, 6.07) is 34.8. The molecule has 4 aromatic rings. The van der Waals surface area contributed by atoms with E-state index >= 15 is 0 Å². The van der Waals surface area contributed by atoms with Crippen LogP contribution in [0.15, 0.2) is 109 Å². The predicted molar refractivity (Wildman–Crippen MR) is 219 cm³/mol. The lowest BCUT2D eigenvalue weighted by Gasteiger charge is -2.33. The van der Waals surface area contributed by atoms with Gasteiger partial charge < -0.3 is 14.2 Å². The van der Waals surface area contributed by atoms with Crippen LogP contribution in [0.5, 0.6) is 5.75 Å². The number of unbranched alkanes of at least 4 members (excludes halogenated alkanes) is 2. The molecule has 0 amide bonds. The molecule has 0 aliphatic heterocycles. The second kappa shape index (κ2) is 21.5. The fraction of sp³-hybridized carbons (Fsp3) is 0.447. The van der Waals surface area contributed by atoms with E-state index in [-0.39, 0.29) is 62.4 Å². The third-order valence-corrected chi connectivity index (χ3v) is 12.6. The summed E-state index contributed by atoms with van der Waals surface area (Å²) < 4.78 is 50.7. The van der Waals surface area contributed by atoms with Crippen LogP contribution in [0.1, 0.15) is 93.0 Å². The van der Waals surface area contributed by atoms with Gasteiger partial charge in [-0.2, -0.15) is 0 Å². The van der Waals surface area contributed by atoms with Crippen LogP contribution >= 0.6 is 7.82 Å². The average molecular weight is 797 g/mol. The Kier molecular flexibility index (Phi) is 16.0. The summed E-state index contributed by atoms with van der Waals surface area (Å²) in [5, 5.41) is 0. The summed E-state index contributed by atoms with van der Waals surface area (Å²) >= 11 is 0. The van der Waals surface area contributed by atoms with Crippen LogP contribution in [-0.2, 0) is 69.9 Å². The molecule has 5 atom stereocenters. The van der Waals surface area contributed by atoms with Crippen LogP contribution in [0.4, 0.5) is 0 Å². The van der Waals surface area contributed by atoms with E-state index < -0.39 is 13.8 Å². The van der Waals surface area contributed by atoms with Crippen molar-refractivity contribution in [3.8, 4) is 5.75 Å². The summed E-state index contributed by atoms with van der Waals surface area (Å²) in [5.41, 5.74) is 4.95. The van der Waals surface area contributed by atoms with Crippen molar-refractivity contribution in [2.75, 3.05) is 6.61 Å². The summed E-state index contributed by atoms with van der Waals surface area (Å²) in [5.74, 6) is 0.686. The number of fused-ring (bicyclic) bond motifs is 2. The number of hydrogen-bond donors (Lipinski definition) is 0. The monoisotopic (exact) mass is 796 g/mol. The minimum atomic E-state index is -4.00. The highest BCUT2D eigenvalue weighted by molar-refractivity contribution is 7.48. The molecular formula is C47H57O9P. The lowest BCUT2D eigenvalue weighted by atomic mass is 9.73. The van der Waals surface area contributed by atoms with Crippen LogP contribution < -0.4 is 4.74 Å². The highest BCUT2D eigenvalue weighted by Gasteiger charge is 2.47. The summed E-state index contributed by atoms with van der Waals surface area (Å²) in [7, 11) is -4.00. The van der Waals surface area contributed by atoms with Crippen LogP contribution in [0.2, 0.25) is 0 Å². The average Bonchev–Trinajstić information content (AvgIpc) is 3.57. The highest BCUT2D eigenvalue weighted by Crippen LogP contribution is 2.54. The van der Waals surface area contributed by atoms with E-state index in [4.69, 9.17) is 27.8 Å². The number of hydrogen-bond acceptors (Lipinski definition) is 9. The standard InChI is InChI=1S/C47H57O9P/c1-3-5-9-24-40(56-57(50,53-32-36-19-12-7-13-20-36)54-33-37-21-14-8-15-22-37)26-27-41-42-28-38-23-16-25-44(43(38)29-39(42)30-45(41)55-46(48)4-2)51-34-47(49)52-31-35-17-10-6-11-18-35/h6-8,10-23,25,39-42,45H,3-5,9,24,26-34H2,1-2H3/t39-,40-,41+,42-,45+/m0/s1. The van der Waals surface area contributed by atoms with Crippen LogP contribution in [0, 0.1) is 17.8 Å². The minimum Gasteiger partial charge on any atom is -0.482 e. The van der Waals surface area contributed by atoms with E-state index in [1.165, 1.54) is 5.56 Å². The Labute approximate surface area is 338 Å². The lowest BCUT2D eigenvalue weighted by molar-refractivity contribution is -0.151. The number of benzene rings is 4. The molecule has 0 radical (unpaired) electrons. The molecule has 0 spiro atoms. The Balaban J connectivity index is 1.15. The minimum absolute atomic E-state index is 0.0864. The number of phosphoric acid groups is 1. The number of esters is 2. The Bertz CT molecular complexity index is 1840. The fourth-order valence-corrected chi connectivity index (χ4v) is 9.59. The number of ether oxygens (including phenoxy) is 3. The predicted octanol–water partition coefficient (Wildman–Crippen LogP) is 10.8. The van der Waals surface area contributed by atoms with E-state index in [1.807, 2.05) is 110 Å². The maximum Gasteiger partial charge on any atom is 0.475 e. The molecule has 4 aromatic carbocycles. The van der Waals surface area contributed by atoms with Crippen molar-refractivity contribution in [1.82, 2.24) is 0 Å². The van der Waals surface area contributed by atoms with E-state index in [0.717, 1.165) is 67.2 Å². The Hall–Kier alpha value is -4.27. The van der Waals surface area contributed by atoms with Gasteiger partial charge in [0, 0.05) is 6.42 Å². The molecule has 1 fully saturated rings. The van der Waals surface area contributed by atoms with Crippen molar-refractivity contribution < 1.29 is 41.9 Å². The molecule has 0 N–H and O–H groups in total. The summed E-state index contributed by atoms with van der Waals surface area (Å²) in [4.78, 5) is 25.4. The van der Waals surface area contributed by atoms with Gasteiger partial charge in [0.1, 0.15) is 18.5 Å². The topological polar surface area (TPSA) is 107 Å². The summed E-state index contributed by atoms with van der Waals surface area (Å²) in [6.45, 7) is 4.19. The number of rotatable bonds is 22. The van der Waals surface area contributed by atoms with Crippen molar-refractivity contribution >= 4 is 19.8 Å². The lowest BCUT2D eigenvalue weighted by Crippen LogP contribution is -2.30. The maximum absolute atomic E-state index is 14.5. The SMILES string of the molecule is CCCCC[C@@H](CC[C@@H]1[C@H]2Cc3cccc(OCC(=O)OCc4ccccc4)c3C[C@H]2C[C@H]1OC(=O)CC)OP(=O)(OCc1ccccc1)OCc1ccccc1. The van der Waals surface area contributed by atoms with Crippen molar-refractivity contribution in [3.05, 3.63) is 137 Å². The molecule has 6 rings (SSSR count). The van der Waals surface area contributed by atoms with Gasteiger partial charge in [0.05, 0.1) is 19.3 Å².